The summed E-state index contributed by atoms with van der Waals surface area (Å²) in [6, 6.07) is 10.2. The molecule has 1 aromatic carbocycles. The SMILES string of the molecule is C=C(C)c1ccccc1.Cl.Cl. The molecule has 0 atom stereocenters. The van der Waals surface area contributed by atoms with Crippen LogP contribution in [0.4, 0.5) is 0 Å². The van der Waals surface area contributed by atoms with Gasteiger partial charge < -0.3 is 0 Å². The molecule has 1 aromatic rings. The van der Waals surface area contributed by atoms with E-state index >= 15 is 0 Å². The Morgan fingerprint density at radius 2 is 1.55 bits per heavy atom. The minimum atomic E-state index is 0. The van der Waals surface area contributed by atoms with Gasteiger partial charge in [-0.25, -0.2) is 0 Å². The maximum absolute atomic E-state index is 3.83. The number of halogens is 2. The van der Waals surface area contributed by atoms with Crippen LogP contribution in [-0.2, 0) is 0 Å². The van der Waals surface area contributed by atoms with Crippen LogP contribution in [-0.4, -0.2) is 0 Å². The summed E-state index contributed by atoms with van der Waals surface area (Å²) in [5, 5.41) is 0. The molecule has 0 amide bonds. The summed E-state index contributed by atoms with van der Waals surface area (Å²) in [5.74, 6) is 0. The predicted molar refractivity (Wildman–Crippen MR) is 55.6 cm³/mol. The van der Waals surface area contributed by atoms with Crippen LogP contribution < -0.4 is 0 Å². The van der Waals surface area contributed by atoms with Crippen LogP contribution in [0.15, 0.2) is 36.9 Å². The van der Waals surface area contributed by atoms with E-state index in [-0.39, 0.29) is 24.8 Å². The van der Waals surface area contributed by atoms with Crippen molar-refractivity contribution in [2.24, 2.45) is 0 Å². The Balaban J connectivity index is 0. The molecule has 0 heterocycles. The highest BCUT2D eigenvalue weighted by Crippen LogP contribution is 2.08. The van der Waals surface area contributed by atoms with Gasteiger partial charge in [-0.1, -0.05) is 42.5 Å². The van der Waals surface area contributed by atoms with Gasteiger partial charge in [0.05, 0.1) is 0 Å². The molecule has 0 saturated carbocycles. The van der Waals surface area contributed by atoms with Gasteiger partial charge in [0.15, 0.2) is 0 Å². The van der Waals surface area contributed by atoms with Gasteiger partial charge in [-0.2, -0.15) is 0 Å². The highest BCUT2D eigenvalue weighted by Gasteiger charge is 1.86. The first-order chi connectivity index (χ1) is 4.30. The summed E-state index contributed by atoms with van der Waals surface area (Å²) in [7, 11) is 0. The van der Waals surface area contributed by atoms with Crippen molar-refractivity contribution in [3.05, 3.63) is 42.5 Å². The minimum Gasteiger partial charge on any atom is -0.147 e. The smallest absolute Gasteiger partial charge is 0.0233 e. The molecule has 0 unspecified atom stereocenters. The Bertz CT molecular complexity index is 204. The van der Waals surface area contributed by atoms with Crippen molar-refractivity contribution in [1.29, 1.82) is 0 Å². The summed E-state index contributed by atoms with van der Waals surface area (Å²) < 4.78 is 0. The molecule has 0 spiro atoms. The van der Waals surface area contributed by atoms with Gasteiger partial charge in [-0.15, -0.1) is 24.8 Å². The second-order valence-electron chi connectivity index (χ2n) is 2.15. The van der Waals surface area contributed by atoms with E-state index in [2.05, 4.69) is 18.7 Å². The van der Waals surface area contributed by atoms with Crippen molar-refractivity contribution in [3.63, 3.8) is 0 Å². The van der Waals surface area contributed by atoms with E-state index in [1.165, 1.54) is 5.56 Å². The molecule has 0 aliphatic rings. The summed E-state index contributed by atoms with van der Waals surface area (Å²) in [6.07, 6.45) is 0. The van der Waals surface area contributed by atoms with Crippen LogP contribution >= 0.6 is 24.8 Å². The first-order valence-electron chi connectivity index (χ1n) is 3.01. The summed E-state index contributed by atoms with van der Waals surface area (Å²) >= 11 is 0. The number of hydrogen-bond donors (Lipinski definition) is 0. The van der Waals surface area contributed by atoms with E-state index in [1.54, 1.807) is 0 Å². The van der Waals surface area contributed by atoms with Crippen molar-refractivity contribution in [2.75, 3.05) is 0 Å². The average molecular weight is 191 g/mol. The van der Waals surface area contributed by atoms with Gasteiger partial charge in [0.25, 0.3) is 0 Å². The zero-order valence-corrected chi connectivity index (χ0v) is 8.04. The van der Waals surface area contributed by atoms with E-state index in [1.807, 2.05) is 25.1 Å². The number of allylic oxidation sites excluding steroid dienone is 1. The number of hydrogen-bond acceptors (Lipinski definition) is 0. The van der Waals surface area contributed by atoms with E-state index in [4.69, 9.17) is 0 Å². The summed E-state index contributed by atoms with van der Waals surface area (Å²) in [6.45, 7) is 5.83. The lowest BCUT2D eigenvalue weighted by molar-refractivity contribution is 1.58. The third-order valence-corrected chi connectivity index (χ3v) is 1.27. The molecule has 0 radical (unpaired) electrons. The molecule has 0 nitrogen and oxygen atoms in total. The molecule has 0 bridgehead atoms. The first kappa shape index (κ1) is 13.2. The van der Waals surface area contributed by atoms with Crippen LogP contribution in [0.3, 0.4) is 0 Å². The Morgan fingerprint density at radius 1 is 1.09 bits per heavy atom. The van der Waals surface area contributed by atoms with Crippen molar-refractivity contribution < 1.29 is 0 Å². The lowest BCUT2D eigenvalue weighted by Crippen LogP contribution is -1.72. The van der Waals surface area contributed by atoms with E-state index < -0.39 is 0 Å². The first-order valence-corrected chi connectivity index (χ1v) is 3.01. The molecule has 62 valence electrons. The van der Waals surface area contributed by atoms with Gasteiger partial charge in [-0.3, -0.25) is 0 Å². The molecule has 1 rings (SSSR count). The van der Waals surface area contributed by atoms with Crippen molar-refractivity contribution in [1.82, 2.24) is 0 Å². The van der Waals surface area contributed by atoms with E-state index in [9.17, 15) is 0 Å². The molecule has 0 aliphatic carbocycles. The van der Waals surface area contributed by atoms with Gasteiger partial charge >= 0.3 is 0 Å². The third-order valence-electron chi connectivity index (χ3n) is 1.27. The largest absolute Gasteiger partial charge is 0.147 e. The van der Waals surface area contributed by atoms with Crippen molar-refractivity contribution in [3.8, 4) is 0 Å². The molecule has 11 heavy (non-hydrogen) atoms. The van der Waals surface area contributed by atoms with Crippen molar-refractivity contribution >= 4 is 30.4 Å². The van der Waals surface area contributed by atoms with E-state index in [0.717, 1.165) is 5.57 Å². The van der Waals surface area contributed by atoms with Crippen LogP contribution in [0.1, 0.15) is 12.5 Å². The fraction of sp³-hybridized carbons (Fsp3) is 0.111. The second-order valence-corrected chi connectivity index (χ2v) is 2.15. The summed E-state index contributed by atoms with van der Waals surface area (Å²) in [4.78, 5) is 0. The molecule has 0 saturated heterocycles. The topological polar surface area (TPSA) is 0 Å². The Labute approximate surface area is 80.1 Å². The highest BCUT2D eigenvalue weighted by molar-refractivity contribution is 5.85. The Morgan fingerprint density at radius 3 is 1.82 bits per heavy atom. The zero-order valence-electron chi connectivity index (χ0n) is 6.41. The minimum absolute atomic E-state index is 0. The van der Waals surface area contributed by atoms with Crippen LogP contribution in [0.5, 0.6) is 0 Å². The molecule has 0 aliphatic heterocycles. The summed E-state index contributed by atoms with van der Waals surface area (Å²) in [5.41, 5.74) is 2.34. The van der Waals surface area contributed by atoms with Gasteiger partial charge in [0.2, 0.25) is 0 Å². The lowest BCUT2D eigenvalue weighted by Gasteiger charge is -1.94. The number of benzene rings is 1. The van der Waals surface area contributed by atoms with Gasteiger partial charge in [0.1, 0.15) is 0 Å². The zero-order chi connectivity index (χ0) is 6.69. The van der Waals surface area contributed by atoms with E-state index in [0.29, 0.717) is 0 Å². The normalized spacial score (nSPS) is 7.36. The lowest BCUT2D eigenvalue weighted by atomic mass is 10.1. The quantitative estimate of drug-likeness (QED) is 0.636. The number of rotatable bonds is 1. The van der Waals surface area contributed by atoms with Crippen LogP contribution in [0, 0.1) is 0 Å². The maximum atomic E-state index is 3.83. The molecular weight excluding hydrogens is 179 g/mol. The van der Waals surface area contributed by atoms with Crippen LogP contribution in [0.25, 0.3) is 5.57 Å². The standard InChI is InChI=1S/C9H10.2ClH/c1-8(2)9-6-4-3-5-7-9;;/h3-7H,1H2,2H3;2*1H. The Hall–Kier alpha value is -0.460. The predicted octanol–water partition coefficient (Wildman–Crippen LogP) is 3.56. The van der Waals surface area contributed by atoms with Crippen LogP contribution in [0.2, 0.25) is 0 Å². The molecule has 0 aromatic heterocycles. The third kappa shape index (κ3) is 4.07. The average Bonchev–Trinajstić information content (AvgIpc) is 1.90. The maximum Gasteiger partial charge on any atom is -0.0233 e. The second kappa shape index (κ2) is 6.26. The molecular formula is C9H12Cl2. The monoisotopic (exact) mass is 190 g/mol. The highest BCUT2D eigenvalue weighted by atomic mass is 35.5. The fourth-order valence-electron chi connectivity index (χ4n) is 0.723. The molecule has 0 fully saturated rings. The Kier molecular flexibility index (Phi) is 7.49. The van der Waals surface area contributed by atoms with Gasteiger partial charge in [-0.05, 0) is 12.5 Å². The molecule has 2 heteroatoms. The molecule has 0 N–H and O–H groups in total. The van der Waals surface area contributed by atoms with Gasteiger partial charge in [0, 0.05) is 0 Å². The fourth-order valence-corrected chi connectivity index (χ4v) is 0.723. The van der Waals surface area contributed by atoms with Crippen molar-refractivity contribution in [2.45, 2.75) is 6.92 Å².